The Balaban J connectivity index is 1.65. The molecule has 104 valence electrons. The van der Waals surface area contributed by atoms with Crippen molar-refractivity contribution in [2.45, 2.75) is 57.9 Å². The van der Waals surface area contributed by atoms with Crippen LogP contribution in [0.15, 0.2) is 0 Å². The van der Waals surface area contributed by atoms with Gasteiger partial charge in [-0.15, -0.1) is 0 Å². The molecule has 2 fully saturated rings. The molecule has 2 aliphatic carbocycles. The third kappa shape index (κ3) is 3.98. The van der Waals surface area contributed by atoms with Crippen molar-refractivity contribution in [3.05, 3.63) is 0 Å². The van der Waals surface area contributed by atoms with E-state index in [9.17, 15) is 4.79 Å². The number of esters is 1. The van der Waals surface area contributed by atoms with Crippen LogP contribution in [0.1, 0.15) is 51.9 Å². The fourth-order valence-electron chi connectivity index (χ4n) is 3.06. The molecule has 0 bridgehead atoms. The third-order valence-electron chi connectivity index (χ3n) is 4.60. The van der Waals surface area contributed by atoms with Crippen LogP contribution in [-0.2, 0) is 9.53 Å². The second-order valence-electron chi connectivity index (χ2n) is 6.21. The summed E-state index contributed by atoms with van der Waals surface area (Å²) >= 11 is 0. The van der Waals surface area contributed by atoms with Gasteiger partial charge in [0.2, 0.25) is 0 Å². The first-order chi connectivity index (χ1) is 8.70. The van der Waals surface area contributed by atoms with Gasteiger partial charge in [0.1, 0.15) is 6.04 Å². The smallest absolute Gasteiger partial charge is 0.323 e. The Labute approximate surface area is 111 Å². The van der Waals surface area contributed by atoms with Crippen LogP contribution in [0.5, 0.6) is 0 Å². The summed E-state index contributed by atoms with van der Waals surface area (Å²) < 4.78 is 4.87. The maximum Gasteiger partial charge on any atom is 0.323 e. The van der Waals surface area contributed by atoms with E-state index < -0.39 is 0 Å². The van der Waals surface area contributed by atoms with Crippen LogP contribution in [0.25, 0.3) is 0 Å². The zero-order chi connectivity index (χ0) is 13.0. The molecule has 1 unspecified atom stereocenters. The van der Waals surface area contributed by atoms with Gasteiger partial charge < -0.3 is 10.1 Å². The molecule has 3 nitrogen and oxygen atoms in total. The first-order valence-corrected chi connectivity index (χ1v) is 7.52. The molecule has 0 saturated heterocycles. The van der Waals surface area contributed by atoms with Gasteiger partial charge in [0.15, 0.2) is 0 Å². The molecular formula is C15H27NO2. The first kappa shape index (κ1) is 13.9. The molecule has 18 heavy (non-hydrogen) atoms. The molecule has 0 aromatic rings. The van der Waals surface area contributed by atoms with E-state index in [0.29, 0.717) is 5.92 Å². The monoisotopic (exact) mass is 253 g/mol. The van der Waals surface area contributed by atoms with Gasteiger partial charge in [0.25, 0.3) is 0 Å². The van der Waals surface area contributed by atoms with Gasteiger partial charge in [0, 0.05) is 0 Å². The van der Waals surface area contributed by atoms with Crippen LogP contribution < -0.4 is 5.32 Å². The van der Waals surface area contributed by atoms with Crippen molar-refractivity contribution in [2.75, 3.05) is 13.7 Å². The molecule has 1 atom stereocenters. The number of hydrogen-bond acceptors (Lipinski definition) is 3. The minimum absolute atomic E-state index is 0.0440. The van der Waals surface area contributed by atoms with E-state index in [2.05, 4.69) is 12.2 Å². The summed E-state index contributed by atoms with van der Waals surface area (Å²) in [5, 5.41) is 3.42. The fraction of sp³-hybridized carbons (Fsp3) is 0.933. The van der Waals surface area contributed by atoms with Crippen molar-refractivity contribution >= 4 is 5.97 Å². The summed E-state index contributed by atoms with van der Waals surface area (Å²) in [6, 6.07) is -0.0440. The molecule has 0 amide bonds. The third-order valence-corrected chi connectivity index (χ3v) is 4.60. The maximum absolute atomic E-state index is 11.6. The maximum atomic E-state index is 11.6. The lowest BCUT2D eigenvalue weighted by atomic mass is 9.81. The van der Waals surface area contributed by atoms with Crippen LogP contribution in [0.2, 0.25) is 0 Å². The van der Waals surface area contributed by atoms with E-state index in [1.165, 1.54) is 52.1 Å². The van der Waals surface area contributed by atoms with Crippen molar-refractivity contribution in [3.8, 4) is 0 Å². The first-order valence-electron chi connectivity index (χ1n) is 7.52. The molecule has 2 rings (SSSR count). The van der Waals surface area contributed by atoms with Gasteiger partial charge in [-0.1, -0.05) is 32.6 Å². The van der Waals surface area contributed by atoms with Crippen molar-refractivity contribution in [2.24, 2.45) is 17.8 Å². The molecule has 2 saturated carbocycles. The van der Waals surface area contributed by atoms with Gasteiger partial charge in [-0.25, -0.2) is 0 Å². The highest BCUT2D eigenvalue weighted by Gasteiger charge is 2.36. The van der Waals surface area contributed by atoms with Crippen molar-refractivity contribution < 1.29 is 9.53 Å². The van der Waals surface area contributed by atoms with Crippen LogP contribution in [0.3, 0.4) is 0 Å². The Morgan fingerprint density at radius 1 is 1.22 bits per heavy atom. The normalized spacial score (nSPS) is 29.9. The highest BCUT2D eigenvalue weighted by atomic mass is 16.5. The molecule has 3 heteroatoms. The Morgan fingerprint density at radius 2 is 1.89 bits per heavy atom. The summed E-state index contributed by atoms with van der Waals surface area (Å²) in [7, 11) is 1.49. The van der Waals surface area contributed by atoms with E-state index in [-0.39, 0.29) is 12.0 Å². The number of nitrogens with one attached hydrogen (secondary N) is 1. The zero-order valence-corrected chi connectivity index (χ0v) is 11.8. The minimum atomic E-state index is -0.0743. The van der Waals surface area contributed by atoms with Gasteiger partial charge in [-0.05, 0) is 43.6 Å². The lowest BCUT2D eigenvalue weighted by Gasteiger charge is -2.26. The predicted molar refractivity (Wildman–Crippen MR) is 72.3 cm³/mol. The number of methoxy groups -OCH3 is 1. The second-order valence-corrected chi connectivity index (χ2v) is 6.21. The van der Waals surface area contributed by atoms with Crippen molar-refractivity contribution in [3.63, 3.8) is 0 Å². The summed E-state index contributed by atoms with van der Waals surface area (Å²) in [6.07, 6.45) is 9.07. The molecule has 0 aliphatic heterocycles. The molecule has 1 N–H and O–H groups in total. The molecule has 0 spiro atoms. The minimum Gasteiger partial charge on any atom is -0.468 e. The highest BCUT2D eigenvalue weighted by Crippen LogP contribution is 2.33. The highest BCUT2D eigenvalue weighted by molar-refractivity contribution is 5.76. The van der Waals surface area contributed by atoms with Crippen LogP contribution >= 0.6 is 0 Å². The largest absolute Gasteiger partial charge is 0.468 e. The fourth-order valence-corrected chi connectivity index (χ4v) is 3.06. The number of rotatable bonds is 6. The van der Waals surface area contributed by atoms with E-state index in [1.807, 2.05) is 0 Å². The Hall–Kier alpha value is -0.570. The summed E-state index contributed by atoms with van der Waals surface area (Å²) in [5.74, 6) is 2.24. The average Bonchev–Trinajstić information content (AvgIpc) is 3.20. The quantitative estimate of drug-likeness (QED) is 0.740. The number of carbonyl (C=O) groups excluding carboxylic acids is 1. The number of carbonyl (C=O) groups is 1. The molecular weight excluding hydrogens is 226 g/mol. The molecule has 2 aliphatic rings. The predicted octanol–water partition coefficient (Wildman–Crippen LogP) is 2.74. The number of hydrogen-bond donors (Lipinski definition) is 1. The molecule has 0 heterocycles. The Bertz CT molecular complexity index is 268. The SMILES string of the molecule is COC(=O)C(NCCC1CCC(C)CC1)C1CC1. The van der Waals surface area contributed by atoms with Gasteiger partial charge >= 0.3 is 5.97 Å². The molecule has 0 aromatic heterocycles. The van der Waals surface area contributed by atoms with E-state index in [1.54, 1.807) is 0 Å². The average molecular weight is 253 g/mol. The van der Waals surface area contributed by atoms with Crippen LogP contribution in [-0.4, -0.2) is 25.7 Å². The Kier molecular flexibility index (Phi) is 5.04. The van der Waals surface area contributed by atoms with Crippen LogP contribution in [0, 0.1) is 17.8 Å². The lowest BCUT2D eigenvalue weighted by Crippen LogP contribution is -2.40. The summed E-state index contributed by atoms with van der Waals surface area (Å²) in [4.78, 5) is 11.6. The lowest BCUT2D eigenvalue weighted by molar-refractivity contribution is -0.143. The van der Waals surface area contributed by atoms with Crippen molar-refractivity contribution in [1.82, 2.24) is 5.32 Å². The van der Waals surface area contributed by atoms with Gasteiger partial charge in [-0.3, -0.25) is 4.79 Å². The summed E-state index contributed by atoms with van der Waals surface area (Å²) in [6.45, 7) is 3.32. The van der Waals surface area contributed by atoms with Crippen LogP contribution in [0.4, 0.5) is 0 Å². The van der Waals surface area contributed by atoms with Gasteiger partial charge in [0.05, 0.1) is 7.11 Å². The van der Waals surface area contributed by atoms with E-state index in [0.717, 1.165) is 18.4 Å². The van der Waals surface area contributed by atoms with E-state index >= 15 is 0 Å². The molecule has 0 radical (unpaired) electrons. The second kappa shape index (κ2) is 6.55. The Morgan fingerprint density at radius 3 is 2.44 bits per heavy atom. The van der Waals surface area contributed by atoms with Crippen molar-refractivity contribution in [1.29, 1.82) is 0 Å². The van der Waals surface area contributed by atoms with Gasteiger partial charge in [-0.2, -0.15) is 0 Å². The zero-order valence-electron chi connectivity index (χ0n) is 11.8. The summed E-state index contributed by atoms with van der Waals surface area (Å²) in [5.41, 5.74) is 0. The molecule has 0 aromatic carbocycles. The standard InChI is InChI=1S/C15H27NO2/c1-11-3-5-12(6-4-11)9-10-16-14(13-7-8-13)15(17)18-2/h11-14,16H,3-10H2,1-2H3. The topological polar surface area (TPSA) is 38.3 Å². The number of ether oxygens (including phenoxy) is 1. The van der Waals surface area contributed by atoms with E-state index in [4.69, 9.17) is 4.74 Å².